The summed E-state index contributed by atoms with van der Waals surface area (Å²) in [5.41, 5.74) is 1.25. The van der Waals surface area contributed by atoms with Crippen LogP contribution in [0.1, 0.15) is 26.4 Å². The van der Waals surface area contributed by atoms with Gasteiger partial charge in [0.15, 0.2) is 0 Å². The number of hydrogen-bond acceptors (Lipinski definition) is 5. The van der Waals surface area contributed by atoms with E-state index in [1.807, 2.05) is 0 Å². The Balaban J connectivity index is 1.78. The Morgan fingerprint density at radius 1 is 1.05 bits per heavy atom. The molecule has 0 unspecified atom stereocenters. The topological polar surface area (TPSA) is 72.4 Å². The lowest BCUT2D eigenvalue weighted by Crippen LogP contribution is -2.29. The molecule has 1 aromatic heterocycles. The Bertz CT molecular complexity index is 608. The van der Waals surface area contributed by atoms with Gasteiger partial charge in [-0.2, -0.15) is 0 Å². The van der Waals surface area contributed by atoms with E-state index in [-0.39, 0.29) is 6.61 Å². The number of hydroxylamine groups is 2. The molecular formula is C13H9N3O3. The number of benzene rings is 1. The molecule has 0 N–H and O–H groups in total. The minimum absolute atomic E-state index is 0.0132. The molecule has 1 aliphatic heterocycles. The Morgan fingerprint density at radius 3 is 2.32 bits per heavy atom. The summed E-state index contributed by atoms with van der Waals surface area (Å²) in [5.74, 6) is -0.908. The number of aromatic nitrogens is 2. The molecule has 0 spiro atoms. The zero-order chi connectivity index (χ0) is 13.2. The quantitative estimate of drug-likeness (QED) is 0.771. The zero-order valence-electron chi connectivity index (χ0n) is 9.81. The van der Waals surface area contributed by atoms with Crippen molar-refractivity contribution in [2.45, 2.75) is 6.61 Å². The molecule has 0 saturated heterocycles. The predicted octanol–water partition coefficient (Wildman–Crippen LogP) is 1.20. The molecule has 0 bridgehead atoms. The number of nitrogens with zero attached hydrogens (tertiary/aromatic N) is 3. The lowest BCUT2D eigenvalue weighted by Gasteiger charge is -2.12. The van der Waals surface area contributed by atoms with Crippen LogP contribution in [0, 0.1) is 0 Å². The fourth-order valence-corrected chi connectivity index (χ4v) is 1.82. The molecule has 1 aliphatic rings. The van der Waals surface area contributed by atoms with Crippen LogP contribution in [0.2, 0.25) is 0 Å². The maximum absolute atomic E-state index is 12.0. The van der Waals surface area contributed by atoms with E-state index in [9.17, 15) is 9.59 Å². The van der Waals surface area contributed by atoms with Crippen LogP contribution in [0.5, 0.6) is 0 Å². The normalized spacial score (nSPS) is 13.8. The summed E-state index contributed by atoms with van der Waals surface area (Å²) in [5, 5.41) is 0.763. The van der Waals surface area contributed by atoms with Crippen molar-refractivity contribution >= 4 is 11.8 Å². The van der Waals surface area contributed by atoms with Gasteiger partial charge in [0, 0.05) is 12.4 Å². The maximum atomic E-state index is 12.0. The number of rotatable bonds is 3. The standard InChI is InChI=1S/C13H9N3O3/c17-12-10-3-1-2-4-11(10)13(18)16(12)19-8-9-7-14-5-6-15-9/h1-7H,8H2. The summed E-state index contributed by atoms with van der Waals surface area (Å²) in [6.45, 7) is 0.0132. The number of carbonyl (C=O) groups is 2. The van der Waals surface area contributed by atoms with Crippen LogP contribution in [-0.2, 0) is 11.4 Å². The van der Waals surface area contributed by atoms with E-state index in [0.29, 0.717) is 16.8 Å². The minimum Gasteiger partial charge on any atom is -0.266 e. The van der Waals surface area contributed by atoms with Crippen molar-refractivity contribution in [2.24, 2.45) is 0 Å². The average molecular weight is 255 g/mol. The summed E-state index contributed by atoms with van der Waals surface area (Å²) in [6, 6.07) is 6.61. The number of hydrogen-bond donors (Lipinski definition) is 0. The highest BCUT2D eigenvalue weighted by atomic mass is 16.7. The highest BCUT2D eigenvalue weighted by molar-refractivity contribution is 6.20. The number of amides is 2. The Labute approximate surface area is 108 Å². The second-order valence-corrected chi connectivity index (χ2v) is 3.92. The summed E-state index contributed by atoms with van der Waals surface area (Å²) >= 11 is 0. The van der Waals surface area contributed by atoms with Gasteiger partial charge in [-0.3, -0.25) is 24.4 Å². The van der Waals surface area contributed by atoms with Crippen LogP contribution < -0.4 is 0 Å². The minimum atomic E-state index is -0.454. The van der Waals surface area contributed by atoms with Crippen LogP contribution >= 0.6 is 0 Å². The van der Waals surface area contributed by atoms with Crippen LogP contribution in [0.15, 0.2) is 42.9 Å². The molecule has 94 valence electrons. The third-order valence-corrected chi connectivity index (χ3v) is 2.71. The van der Waals surface area contributed by atoms with Crippen molar-refractivity contribution in [2.75, 3.05) is 0 Å². The summed E-state index contributed by atoms with van der Waals surface area (Å²) in [4.78, 5) is 37.1. The molecule has 2 heterocycles. The van der Waals surface area contributed by atoms with Crippen molar-refractivity contribution in [1.29, 1.82) is 0 Å². The van der Waals surface area contributed by atoms with Gasteiger partial charge in [-0.1, -0.05) is 12.1 Å². The third kappa shape index (κ3) is 1.98. The SMILES string of the molecule is O=C1c2ccccc2C(=O)N1OCc1cnccn1. The molecule has 6 heteroatoms. The molecule has 0 aliphatic carbocycles. The first kappa shape index (κ1) is 11.5. The largest absolute Gasteiger partial charge is 0.285 e. The van der Waals surface area contributed by atoms with Gasteiger partial charge < -0.3 is 0 Å². The van der Waals surface area contributed by atoms with E-state index >= 15 is 0 Å². The zero-order valence-corrected chi connectivity index (χ0v) is 9.81. The van der Waals surface area contributed by atoms with Gasteiger partial charge in [0.2, 0.25) is 0 Å². The van der Waals surface area contributed by atoms with Crippen molar-refractivity contribution in [3.63, 3.8) is 0 Å². The molecule has 2 amide bonds. The van der Waals surface area contributed by atoms with E-state index in [0.717, 1.165) is 5.06 Å². The first-order chi connectivity index (χ1) is 9.27. The van der Waals surface area contributed by atoms with Gasteiger partial charge in [0.05, 0.1) is 23.0 Å². The average Bonchev–Trinajstić information content (AvgIpc) is 2.71. The smallest absolute Gasteiger partial charge is 0.266 e. The first-order valence-corrected chi connectivity index (χ1v) is 5.63. The van der Waals surface area contributed by atoms with Crippen LogP contribution in [0.25, 0.3) is 0 Å². The van der Waals surface area contributed by atoms with Crippen LogP contribution in [-0.4, -0.2) is 26.8 Å². The van der Waals surface area contributed by atoms with Crippen molar-refractivity contribution < 1.29 is 14.4 Å². The number of fused-ring (bicyclic) bond motifs is 1. The van der Waals surface area contributed by atoms with Gasteiger partial charge in [0.1, 0.15) is 6.61 Å². The van der Waals surface area contributed by atoms with Gasteiger partial charge in [0.25, 0.3) is 11.8 Å². The molecular weight excluding hydrogens is 246 g/mol. The fraction of sp³-hybridized carbons (Fsp3) is 0.0769. The van der Waals surface area contributed by atoms with Gasteiger partial charge in [-0.15, -0.1) is 5.06 Å². The molecule has 3 rings (SSSR count). The van der Waals surface area contributed by atoms with Crippen molar-refractivity contribution in [3.05, 3.63) is 59.7 Å². The molecule has 6 nitrogen and oxygen atoms in total. The summed E-state index contributed by atoms with van der Waals surface area (Å²) in [7, 11) is 0. The van der Waals surface area contributed by atoms with Crippen molar-refractivity contribution in [3.8, 4) is 0 Å². The van der Waals surface area contributed by atoms with Crippen LogP contribution in [0.4, 0.5) is 0 Å². The van der Waals surface area contributed by atoms with E-state index < -0.39 is 11.8 Å². The molecule has 0 fully saturated rings. The Kier molecular flexibility index (Phi) is 2.77. The highest BCUT2D eigenvalue weighted by Gasteiger charge is 2.36. The summed E-state index contributed by atoms with van der Waals surface area (Å²) in [6.07, 6.45) is 4.56. The highest BCUT2D eigenvalue weighted by Crippen LogP contribution is 2.22. The second kappa shape index (κ2) is 4.58. The molecule has 1 aromatic carbocycles. The van der Waals surface area contributed by atoms with E-state index in [2.05, 4.69) is 9.97 Å². The van der Waals surface area contributed by atoms with E-state index in [1.165, 1.54) is 18.6 Å². The monoisotopic (exact) mass is 255 g/mol. The molecule has 2 aromatic rings. The van der Waals surface area contributed by atoms with E-state index in [1.54, 1.807) is 24.3 Å². The Hall–Kier alpha value is -2.60. The van der Waals surface area contributed by atoms with Gasteiger partial charge in [-0.05, 0) is 12.1 Å². The predicted molar refractivity (Wildman–Crippen MR) is 63.8 cm³/mol. The molecule has 0 atom stereocenters. The van der Waals surface area contributed by atoms with Gasteiger partial charge >= 0.3 is 0 Å². The molecule has 0 radical (unpaired) electrons. The van der Waals surface area contributed by atoms with Crippen molar-refractivity contribution in [1.82, 2.24) is 15.0 Å². The maximum Gasteiger partial charge on any atom is 0.285 e. The number of carbonyl (C=O) groups excluding carboxylic acids is 2. The van der Waals surface area contributed by atoms with Gasteiger partial charge in [-0.25, -0.2) is 0 Å². The fourth-order valence-electron chi connectivity index (χ4n) is 1.82. The van der Waals surface area contributed by atoms with Crippen LogP contribution in [0.3, 0.4) is 0 Å². The Morgan fingerprint density at radius 2 is 1.74 bits per heavy atom. The first-order valence-electron chi connectivity index (χ1n) is 5.63. The third-order valence-electron chi connectivity index (χ3n) is 2.71. The summed E-state index contributed by atoms with van der Waals surface area (Å²) < 4.78 is 0. The second-order valence-electron chi connectivity index (χ2n) is 3.92. The lowest BCUT2D eigenvalue weighted by molar-refractivity contribution is -0.102. The van der Waals surface area contributed by atoms with E-state index in [4.69, 9.17) is 4.84 Å². The lowest BCUT2D eigenvalue weighted by atomic mass is 10.1. The molecule has 0 saturated carbocycles. The number of imide groups is 1. The molecule has 19 heavy (non-hydrogen) atoms.